The van der Waals surface area contributed by atoms with Gasteiger partial charge in [0.2, 0.25) is 0 Å². The quantitative estimate of drug-likeness (QED) is 0.762. The lowest BCUT2D eigenvalue weighted by molar-refractivity contribution is 0.300. The molecule has 1 aromatic carbocycles. The molecule has 0 saturated heterocycles. The first kappa shape index (κ1) is 11.7. The molecule has 1 aliphatic rings. The van der Waals surface area contributed by atoms with Crippen LogP contribution in [0.1, 0.15) is 54.4 Å². The second-order valence-corrected chi connectivity index (χ2v) is 5.49. The first-order valence-electron chi connectivity index (χ1n) is 6.40. The molecule has 0 heterocycles. The molecule has 0 aliphatic heterocycles. The van der Waals surface area contributed by atoms with E-state index < -0.39 is 0 Å². The molecule has 0 unspecified atom stereocenters. The van der Waals surface area contributed by atoms with Crippen molar-refractivity contribution in [3.8, 4) is 0 Å². The number of benzene rings is 1. The first-order valence-corrected chi connectivity index (χ1v) is 6.40. The molecule has 1 nitrogen and oxygen atoms in total. The minimum absolute atomic E-state index is 0.0554. The van der Waals surface area contributed by atoms with Crippen LogP contribution < -0.4 is 5.73 Å². The number of aryl methyl sites for hydroxylation is 3. The molecular formula is C15H23N. The monoisotopic (exact) mass is 217 g/mol. The summed E-state index contributed by atoms with van der Waals surface area (Å²) in [6.07, 6.45) is 6.21. The Balaban J connectivity index is 2.46. The lowest BCUT2D eigenvalue weighted by Crippen LogP contribution is -2.40. The maximum atomic E-state index is 6.63. The smallest absolute Gasteiger partial charge is 0.0414 e. The van der Waals surface area contributed by atoms with Crippen molar-refractivity contribution in [2.75, 3.05) is 0 Å². The highest BCUT2D eigenvalue weighted by molar-refractivity contribution is 5.42. The minimum Gasteiger partial charge on any atom is -0.321 e. The summed E-state index contributed by atoms with van der Waals surface area (Å²) in [5.74, 6) is 0. The molecule has 1 fully saturated rings. The van der Waals surface area contributed by atoms with Crippen LogP contribution >= 0.6 is 0 Å². The molecule has 0 bridgehead atoms. The van der Waals surface area contributed by atoms with Gasteiger partial charge >= 0.3 is 0 Å². The molecule has 0 radical (unpaired) electrons. The number of hydrogen-bond acceptors (Lipinski definition) is 1. The van der Waals surface area contributed by atoms with Crippen LogP contribution in [0.4, 0.5) is 0 Å². The van der Waals surface area contributed by atoms with Crippen LogP contribution in [-0.2, 0) is 5.54 Å². The van der Waals surface area contributed by atoms with Crippen LogP contribution in [0.2, 0.25) is 0 Å². The van der Waals surface area contributed by atoms with Gasteiger partial charge in [0.25, 0.3) is 0 Å². The van der Waals surface area contributed by atoms with Crippen molar-refractivity contribution in [2.45, 2.75) is 58.4 Å². The Morgan fingerprint density at radius 2 is 1.44 bits per heavy atom. The van der Waals surface area contributed by atoms with E-state index in [1.165, 1.54) is 41.5 Å². The fourth-order valence-electron chi connectivity index (χ4n) is 3.40. The molecular weight excluding hydrogens is 194 g/mol. The largest absolute Gasteiger partial charge is 0.321 e. The molecule has 1 heteroatoms. The molecule has 2 rings (SSSR count). The van der Waals surface area contributed by atoms with E-state index in [1.54, 1.807) is 0 Å². The fraction of sp³-hybridized carbons (Fsp3) is 0.600. The summed E-state index contributed by atoms with van der Waals surface area (Å²) in [6.45, 7) is 6.57. The molecule has 0 atom stereocenters. The Bertz CT molecular complexity index is 363. The van der Waals surface area contributed by atoms with E-state index in [-0.39, 0.29) is 5.54 Å². The number of hydrogen-bond donors (Lipinski definition) is 1. The second-order valence-electron chi connectivity index (χ2n) is 5.49. The minimum atomic E-state index is -0.0554. The third kappa shape index (κ3) is 2.01. The van der Waals surface area contributed by atoms with Gasteiger partial charge in [-0.25, -0.2) is 0 Å². The fourth-order valence-corrected chi connectivity index (χ4v) is 3.40. The van der Waals surface area contributed by atoms with Crippen LogP contribution in [0.5, 0.6) is 0 Å². The van der Waals surface area contributed by atoms with Gasteiger partial charge in [0.05, 0.1) is 0 Å². The van der Waals surface area contributed by atoms with Gasteiger partial charge < -0.3 is 5.73 Å². The Morgan fingerprint density at radius 1 is 0.938 bits per heavy atom. The Hall–Kier alpha value is -0.820. The molecule has 1 aromatic rings. The number of rotatable bonds is 1. The van der Waals surface area contributed by atoms with Gasteiger partial charge in [-0.3, -0.25) is 0 Å². The normalized spacial score (nSPS) is 19.8. The van der Waals surface area contributed by atoms with Gasteiger partial charge in [0.1, 0.15) is 0 Å². The predicted octanol–water partition coefficient (Wildman–Crippen LogP) is 3.73. The Labute approximate surface area is 99.0 Å². The Kier molecular flexibility index (Phi) is 3.07. The van der Waals surface area contributed by atoms with E-state index in [0.29, 0.717) is 0 Å². The summed E-state index contributed by atoms with van der Waals surface area (Å²) in [7, 11) is 0. The van der Waals surface area contributed by atoms with Crippen LogP contribution in [0.15, 0.2) is 12.1 Å². The van der Waals surface area contributed by atoms with Crippen LogP contribution in [0, 0.1) is 20.8 Å². The highest BCUT2D eigenvalue weighted by Crippen LogP contribution is 2.38. The van der Waals surface area contributed by atoms with Gasteiger partial charge in [-0.05, 0) is 50.3 Å². The third-order valence-electron chi connectivity index (χ3n) is 3.92. The summed E-state index contributed by atoms with van der Waals surface area (Å²) in [5, 5.41) is 0. The van der Waals surface area contributed by atoms with Crippen molar-refractivity contribution in [3.05, 3.63) is 34.4 Å². The summed E-state index contributed by atoms with van der Waals surface area (Å²) in [6, 6.07) is 4.54. The molecule has 0 aromatic heterocycles. The lowest BCUT2D eigenvalue weighted by atomic mass is 9.74. The average molecular weight is 217 g/mol. The van der Waals surface area contributed by atoms with E-state index in [0.717, 1.165) is 12.8 Å². The van der Waals surface area contributed by atoms with Gasteiger partial charge in [-0.1, -0.05) is 37.0 Å². The topological polar surface area (TPSA) is 26.0 Å². The molecule has 1 saturated carbocycles. The van der Waals surface area contributed by atoms with Crippen LogP contribution in [-0.4, -0.2) is 0 Å². The van der Waals surface area contributed by atoms with E-state index >= 15 is 0 Å². The van der Waals surface area contributed by atoms with Crippen LogP contribution in [0.25, 0.3) is 0 Å². The molecule has 1 aliphatic carbocycles. The molecule has 0 spiro atoms. The predicted molar refractivity (Wildman–Crippen MR) is 69.6 cm³/mol. The van der Waals surface area contributed by atoms with Gasteiger partial charge in [0.15, 0.2) is 0 Å². The zero-order valence-electron chi connectivity index (χ0n) is 10.8. The van der Waals surface area contributed by atoms with Gasteiger partial charge in [-0.15, -0.1) is 0 Å². The molecule has 88 valence electrons. The van der Waals surface area contributed by atoms with E-state index in [9.17, 15) is 0 Å². The average Bonchev–Trinajstić information content (AvgIpc) is 2.16. The lowest BCUT2D eigenvalue weighted by Gasteiger charge is -2.36. The van der Waals surface area contributed by atoms with Crippen molar-refractivity contribution < 1.29 is 0 Å². The maximum Gasteiger partial charge on any atom is 0.0414 e. The molecule has 0 amide bonds. The van der Waals surface area contributed by atoms with Crippen LogP contribution in [0.3, 0.4) is 0 Å². The standard InChI is InChI=1S/C15H23N/c1-11-9-12(2)14(13(3)10-11)15(16)7-5-4-6-8-15/h9-10H,4-8,16H2,1-3H3. The first-order chi connectivity index (χ1) is 7.53. The SMILES string of the molecule is Cc1cc(C)c(C2(N)CCCCC2)c(C)c1. The number of nitrogens with two attached hydrogens (primary N) is 1. The third-order valence-corrected chi connectivity index (χ3v) is 3.92. The van der Waals surface area contributed by atoms with E-state index in [4.69, 9.17) is 5.73 Å². The van der Waals surface area contributed by atoms with Crippen molar-refractivity contribution in [1.29, 1.82) is 0 Å². The maximum absolute atomic E-state index is 6.63. The zero-order chi connectivity index (χ0) is 11.8. The summed E-state index contributed by atoms with van der Waals surface area (Å²) >= 11 is 0. The van der Waals surface area contributed by atoms with Gasteiger partial charge in [-0.2, -0.15) is 0 Å². The van der Waals surface area contributed by atoms with Crippen molar-refractivity contribution in [2.24, 2.45) is 5.73 Å². The van der Waals surface area contributed by atoms with Crippen molar-refractivity contribution in [3.63, 3.8) is 0 Å². The van der Waals surface area contributed by atoms with Crippen molar-refractivity contribution in [1.82, 2.24) is 0 Å². The van der Waals surface area contributed by atoms with Gasteiger partial charge in [0, 0.05) is 5.54 Å². The highest BCUT2D eigenvalue weighted by Gasteiger charge is 2.31. The summed E-state index contributed by atoms with van der Waals surface area (Å²) in [5.41, 5.74) is 12.1. The van der Waals surface area contributed by atoms with E-state index in [2.05, 4.69) is 32.9 Å². The molecule has 16 heavy (non-hydrogen) atoms. The summed E-state index contributed by atoms with van der Waals surface area (Å²) in [4.78, 5) is 0. The van der Waals surface area contributed by atoms with Crippen molar-refractivity contribution >= 4 is 0 Å². The Morgan fingerprint density at radius 3 is 1.94 bits per heavy atom. The zero-order valence-corrected chi connectivity index (χ0v) is 10.8. The van der Waals surface area contributed by atoms with E-state index in [1.807, 2.05) is 0 Å². The summed E-state index contributed by atoms with van der Waals surface area (Å²) < 4.78 is 0. The highest BCUT2D eigenvalue weighted by atomic mass is 14.7. The molecule has 2 N–H and O–H groups in total. The second kappa shape index (κ2) is 4.21.